The smallest absolute Gasteiger partial charge is 0.348 e. The number of hydrogen-bond donors (Lipinski definition) is 1. The first-order chi connectivity index (χ1) is 15.9. The molecule has 3 heterocycles. The van der Waals surface area contributed by atoms with Gasteiger partial charge in [-0.3, -0.25) is 14.3 Å². The van der Waals surface area contributed by atoms with Crippen molar-refractivity contribution in [3.8, 4) is 11.3 Å². The van der Waals surface area contributed by atoms with Crippen molar-refractivity contribution in [1.29, 1.82) is 0 Å². The maximum absolute atomic E-state index is 15.7. The molecule has 4 rings (SSSR count). The molecule has 0 radical (unpaired) electrons. The number of fused-ring (bicyclic) bond motifs is 1. The zero-order chi connectivity index (χ0) is 24.9. The molecule has 34 heavy (non-hydrogen) atoms. The van der Waals surface area contributed by atoms with Crippen LogP contribution in [0.4, 0.5) is 17.6 Å². The molecule has 0 aliphatic carbocycles. The molecule has 3 aromatic rings. The van der Waals surface area contributed by atoms with Crippen LogP contribution in [0.15, 0.2) is 24.3 Å². The molecule has 7 nitrogen and oxygen atoms in total. The van der Waals surface area contributed by atoms with Crippen molar-refractivity contribution in [2.75, 3.05) is 27.2 Å². The monoisotopic (exact) mass is 477 g/mol. The first-order valence-corrected chi connectivity index (χ1v) is 10.5. The van der Waals surface area contributed by atoms with E-state index in [0.717, 1.165) is 10.7 Å². The Kier molecular flexibility index (Phi) is 5.74. The molecule has 180 valence electrons. The third kappa shape index (κ3) is 4.06. The second-order valence-corrected chi connectivity index (χ2v) is 8.45. The van der Waals surface area contributed by atoms with Gasteiger partial charge in [-0.15, -0.1) is 0 Å². The van der Waals surface area contributed by atoms with Gasteiger partial charge in [0.25, 0.3) is 5.91 Å². The average Bonchev–Trinajstić information content (AvgIpc) is 3.38. The summed E-state index contributed by atoms with van der Waals surface area (Å²) in [6.07, 6.45) is -2.33. The summed E-state index contributed by atoms with van der Waals surface area (Å²) in [5.74, 6) is -1.22. The molecule has 2 aromatic heterocycles. The number of nitrogens with zero attached hydrogens (tertiary/aromatic N) is 4. The van der Waals surface area contributed by atoms with Gasteiger partial charge in [-0.05, 0) is 30.2 Å². The third-order valence-corrected chi connectivity index (χ3v) is 5.88. The second kappa shape index (κ2) is 8.30. The average molecular weight is 477 g/mol. The lowest BCUT2D eigenvalue weighted by molar-refractivity contribution is -0.141. The molecule has 1 aliphatic rings. The Balaban J connectivity index is 1.98. The topological polar surface area (TPSA) is 74.2 Å². The van der Waals surface area contributed by atoms with Gasteiger partial charge in [0.05, 0.1) is 11.2 Å². The molecule has 0 saturated heterocycles. The third-order valence-electron chi connectivity index (χ3n) is 5.88. The molecule has 0 spiro atoms. The van der Waals surface area contributed by atoms with E-state index in [4.69, 9.17) is 0 Å². The minimum absolute atomic E-state index is 0.00620. The van der Waals surface area contributed by atoms with Gasteiger partial charge in [0.2, 0.25) is 5.91 Å². The minimum atomic E-state index is -4.66. The van der Waals surface area contributed by atoms with Crippen LogP contribution in [0, 0.1) is 5.82 Å². The maximum atomic E-state index is 15.7. The second-order valence-electron chi connectivity index (χ2n) is 8.45. The first-order valence-electron chi connectivity index (χ1n) is 10.5. The number of alkyl halides is 3. The van der Waals surface area contributed by atoms with E-state index in [2.05, 4.69) is 10.1 Å². The van der Waals surface area contributed by atoms with Crippen LogP contribution in [-0.2, 0) is 18.0 Å². The molecule has 11 heteroatoms. The van der Waals surface area contributed by atoms with E-state index >= 15 is 4.39 Å². The SMILES string of the molecule is CC(=O)N1CCC=C(c2cc(-c3cc(C(F)(F)F)nn3C)c3cc(C(=O)N(C)C)[nH]c3c2F)C1. The lowest BCUT2D eigenvalue weighted by atomic mass is 9.95. The van der Waals surface area contributed by atoms with E-state index in [1.165, 1.54) is 45.1 Å². The number of amides is 2. The zero-order valence-electron chi connectivity index (χ0n) is 19.0. The fourth-order valence-electron chi connectivity index (χ4n) is 4.13. The Morgan fingerprint density at radius 3 is 2.44 bits per heavy atom. The largest absolute Gasteiger partial charge is 0.435 e. The van der Waals surface area contributed by atoms with Crippen molar-refractivity contribution in [2.24, 2.45) is 7.05 Å². The van der Waals surface area contributed by atoms with Crippen LogP contribution in [0.2, 0.25) is 0 Å². The Morgan fingerprint density at radius 2 is 1.85 bits per heavy atom. The van der Waals surface area contributed by atoms with Crippen LogP contribution < -0.4 is 0 Å². The number of aromatic nitrogens is 3. The van der Waals surface area contributed by atoms with E-state index in [-0.39, 0.29) is 45.9 Å². The predicted molar refractivity (Wildman–Crippen MR) is 118 cm³/mol. The number of carbonyl (C=O) groups excluding carboxylic acids is 2. The van der Waals surface area contributed by atoms with Crippen LogP contribution in [0.3, 0.4) is 0 Å². The summed E-state index contributed by atoms with van der Waals surface area (Å²) in [5.41, 5.74) is 0.0907. The maximum Gasteiger partial charge on any atom is 0.435 e. The van der Waals surface area contributed by atoms with E-state index < -0.39 is 23.6 Å². The number of benzene rings is 1. The van der Waals surface area contributed by atoms with Gasteiger partial charge in [-0.1, -0.05) is 6.08 Å². The fourth-order valence-corrected chi connectivity index (χ4v) is 4.13. The van der Waals surface area contributed by atoms with Crippen molar-refractivity contribution in [2.45, 2.75) is 19.5 Å². The van der Waals surface area contributed by atoms with Gasteiger partial charge in [0, 0.05) is 57.7 Å². The molecule has 0 unspecified atom stereocenters. The van der Waals surface area contributed by atoms with E-state index in [0.29, 0.717) is 18.5 Å². The van der Waals surface area contributed by atoms with Gasteiger partial charge >= 0.3 is 6.18 Å². The van der Waals surface area contributed by atoms with Gasteiger partial charge in [-0.2, -0.15) is 18.3 Å². The van der Waals surface area contributed by atoms with E-state index in [1.54, 1.807) is 4.90 Å². The molecule has 1 N–H and O–H groups in total. The van der Waals surface area contributed by atoms with E-state index in [1.807, 2.05) is 6.08 Å². The number of aryl methyl sites for hydroxylation is 1. The van der Waals surface area contributed by atoms with Crippen molar-refractivity contribution in [3.05, 3.63) is 47.0 Å². The normalized spacial score (nSPS) is 14.5. The molecule has 0 bridgehead atoms. The number of nitrogens with one attached hydrogen (secondary N) is 1. The lowest BCUT2D eigenvalue weighted by Crippen LogP contribution is -2.33. The van der Waals surface area contributed by atoms with Gasteiger partial charge in [0.1, 0.15) is 5.69 Å². The Morgan fingerprint density at radius 1 is 1.15 bits per heavy atom. The fraction of sp³-hybridized carbons (Fsp3) is 0.348. The molecular weight excluding hydrogens is 454 g/mol. The van der Waals surface area contributed by atoms with Crippen molar-refractivity contribution >= 4 is 28.3 Å². The highest BCUT2D eigenvalue weighted by molar-refractivity contribution is 6.04. The van der Waals surface area contributed by atoms with Gasteiger partial charge < -0.3 is 14.8 Å². The van der Waals surface area contributed by atoms with Gasteiger partial charge in [0.15, 0.2) is 11.5 Å². The zero-order valence-corrected chi connectivity index (χ0v) is 19.0. The summed E-state index contributed by atoms with van der Waals surface area (Å²) in [5, 5.41) is 3.83. The predicted octanol–water partition coefficient (Wildman–Crippen LogP) is 4.06. The lowest BCUT2D eigenvalue weighted by Gasteiger charge is -2.27. The number of hydrogen-bond acceptors (Lipinski definition) is 3. The molecular formula is C23H23F4N5O2. The van der Waals surface area contributed by atoms with Crippen LogP contribution in [0.1, 0.15) is 35.1 Å². The van der Waals surface area contributed by atoms with Crippen LogP contribution in [0.25, 0.3) is 27.7 Å². The van der Waals surface area contributed by atoms with Crippen molar-refractivity contribution in [3.63, 3.8) is 0 Å². The van der Waals surface area contributed by atoms with Gasteiger partial charge in [-0.25, -0.2) is 4.39 Å². The highest BCUT2D eigenvalue weighted by Gasteiger charge is 2.35. The number of aromatic amines is 1. The first kappa shape index (κ1) is 23.5. The van der Waals surface area contributed by atoms with Crippen LogP contribution in [0.5, 0.6) is 0 Å². The summed E-state index contributed by atoms with van der Waals surface area (Å²) >= 11 is 0. The standard InChI is InChI=1S/C23H23F4N5O2/c1-12(33)32-7-5-6-13(11-32)14-8-15(18-10-19(23(25,26)27)29-31(18)4)16-9-17(22(34)30(2)3)28-21(16)20(14)24/h6,8-10,28H,5,7,11H2,1-4H3. The van der Waals surface area contributed by atoms with E-state index in [9.17, 15) is 22.8 Å². The number of carbonyl (C=O) groups is 2. The summed E-state index contributed by atoms with van der Waals surface area (Å²) in [6.45, 7) is 2.09. The molecule has 1 aromatic carbocycles. The number of rotatable bonds is 3. The van der Waals surface area contributed by atoms with Crippen molar-refractivity contribution in [1.82, 2.24) is 24.6 Å². The Bertz CT molecular complexity index is 1330. The van der Waals surface area contributed by atoms with Crippen LogP contribution in [-0.4, -0.2) is 63.6 Å². The highest BCUT2D eigenvalue weighted by Crippen LogP contribution is 2.38. The number of halogens is 4. The summed E-state index contributed by atoms with van der Waals surface area (Å²) in [7, 11) is 4.45. The molecule has 1 aliphatic heterocycles. The summed E-state index contributed by atoms with van der Waals surface area (Å²) in [6, 6.07) is 3.79. The molecule has 0 fully saturated rings. The van der Waals surface area contributed by atoms with Crippen LogP contribution >= 0.6 is 0 Å². The molecule has 2 amide bonds. The quantitative estimate of drug-likeness (QED) is 0.578. The Hall–Kier alpha value is -3.63. The highest BCUT2D eigenvalue weighted by atomic mass is 19.4. The molecule has 0 saturated carbocycles. The minimum Gasteiger partial charge on any atom is -0.348 e. The summed E-state index contributed by atoms with van der Waals surface area (Å²) < 4.78 is 56.8. The number of H-pyrrole nitrogens is 1. The molecule has 0 atom stereocenters. The van der Waals surface area contributed by atoms with Crippen molar-refractivity contribution < 1.29 is 27.2 Å². The Labute approximate surface area is 192 Å². The summed E-state index contributed by atoms with van der Waals surface area (Å²) in [4.78, 5) is 30.1.